The Kier molecular flexibility index (Phi) is 3.80. The number of halogens is 1. The molecule has 0 bridgehead atoms. The second kappa shape index (κ2) is 6.12. The SMILES string of the molecule is Cc1cccc(-c2noc([C@@H]3CC(=O)N(c4ccc(F)cc4)C3)n2)c1. The Balaban J connectivity index is 1.55. The normalized spacial score (nSPS) is 17.3. The molecule has 0 aliphatic carbocycles. The number of nitrogens with zero attached hydrogens (tertiary/aromatic N) is 3. The summed E-state index contributed by atoms with van der Waals surface area (Å²) in [5.74, 6) is 0.447. The van der Waals surface area contributed by atoms with Crippen LogP contribution in [-0.2, 0) is 4.79 Å². The summed E-state index contributed by atoms with van der Waals surface area (Å²) in [5.41, 5.74) is 2.67. The number of anilines is 1. The van der Waals surface area contributed by atoms with E-state index in [0.29, 0.717) is 30.4 Å². The monoisotopic (exact) mass is 337 g/mol. The number of hydrogen-bond acceptors (Lipinski definition) is 4. The summed E-state index contributed by atoms with van der Waals surface area (Å²) in [6.07, 6.45) is 0.298. The average molecular weight is 337 g/mol. The molecule has 1 aliphatic rings. The molecule has 0 spiro atoms. The molecule has 1 atom stereocenters. The molecule has 3 aromatic rings. The lowest BCUT2D eigenvalue weighted by molar-refractivity contribution is -0.117. The lowest BCUT2D eigenvalue weighted by Gasteiger charge is -2.15. The summed E-state index contributed by atoms with van der Waals surface area (Å²) in [4.78, 5) is 18.4. The fraction of sp³-hybridized carbons (Fsp3) is 0.211. The van der Waals surface area contributed by atoms with Crippen molar-refractivity contribution in [3.05, 3.63) is 65.8 Å². The zero-order valence-electron chi connectivity index (χ0n) is 13.6. The minimum atomic E-state index is -0.327. The standard InChI is InChI=1S/C19H16FN3O2/c1-12-3-2-4-13(9-12)18-21-19(25-22-18)14-10-17(24)23(11-14)16-7-5-15(20)6-8-16/h2-9,14H,10-11H2,1H3/t14-/m1/s1. The first kappa shape index (κ1) is 15.5. The minimum Gasteiger partial charge on any atom is -0.339 e. The second-order valence-electron chi connectivity index (χ2n) is 6.21. The Bertz CT molecular complexity index is 920. The highest BCUT2D eigenvalue weighted by Crippen LogP contribution is 2.32. The zero-order valence-corrected chi connectivity index (χ0v) is 13.6. The van der Waals surface area contributed by atoms with Gasteiger partial charge in [-0.1, -0.05) is 28.9 Å². The Morgan fingerprint density at radius 2 is 2.00 bits per heavy atom. The first-order valence-corrected chi connectivity index (χ1v) is 8.07. The van der Waals surface area contributed by atoms with Crippen molar-refractivity contribution in [3.63, 3.8) is 0 Å². The topological polar surface area (TPSA) is 59.2 Å². The molecule has 2 heterocycles. The number of hydrogen-bond donors (Lipinski definition) is 0. The van der Waals surface area contributed by atoms with Gasteiger partial charge < -0.3 is 9.42 Å². The number of benzene rings is 2. The van der Waals surface area contributed by atoms with Gasteiger partial charge in [0.15, 0.2) is 0 Å². The van der Waals surface area contributed by atoms with Crippen LogP contribution in [0.3, 0.4) is 0 Å². The predicted molar refractivity (Wildman–Crippen MR) is 90.6 cm³/mol. The van der Waals surface area contributed by atoms with Gasteiger partial charge in [-0.15, -0.1) is 0 Å². The van der Waals surface area contributed by atoms with Crippen molar-refractivity contribution in [3.8, 4) is 11.4 Å². The zero-order chi connectivity index (χ0) is 17.4. The van der Waals surface area contributed by atoms with Gasteiger partial charge in [-0.25, -0.2) is 4.39 Å². The van der Waals surface area contributed by atoms with Crippen LogP contribution in [0.2, 0.25) is 0 Å². The molecule has 2 aromatic carbocycles. The van der Waals surface area contributed by atoms with E-state index in [-0.39, 0.29) is 17.6 Å². The lowest BCUT2D eigenvalue weighted by atomic mass is 10.1. The fourth-order valence-electron chi connectivity index (χ4n) is 3.05. The Morgan fingerprint density at radius 1 is 1.20 bits per heavy atom. The van der Waals surface area contributed by atoms with E-state index >= 15 is 0 Å². The van der Waals surface area contributed by atoms with Crippen molar-refractivity contribution in [2.45, 2.75) is 19.3 Å². The number of carbonyl (C=O) groups excluding carboxylic acids is 1. The van der Waals surface area contributed by atoms with Crippen molar-refractivity contribution < 1.29 is 13.7 Å². The van der Waals surface area contributed by atoms with E-state index in [4.69, 9.17) is 4.52 Å². The predicted octanol–water partition coefficient (Wildman–Crippen LogP) is 3.70. The number of carbonyl (C=O) groups is 1. The molecule has 4 rings (SSSR count). The number of amides is 1. The van der Waals surface area contributed by atoms with Crippen LogP contribution in [0.25, 0.3) is 11.4 Å². The number of aryl methyl sites for hydroxylation is 1. The van der Waals surface area contributed by atoms with Gasteiger partial charge in [-0.2, -0.15) is 4.98 Å². The van der Waals surface area contributed by atoms with Crippen LogP contribution in [0.4, 0.5) is 10.1 Å². The van der Waals surface area contributed by atoms with E-state index in [2.05, 4.69) is 10.1 Å². The third-order valence-corrected chi connectivity index (χ3v) is 4.33. The Labute approximate surface area is 144 Å². The van der Waals surface area contributed by atoms with E-state index in [1.54, 1.807) is 17.0 Å². The van der Waals surface area contributed by atoms with Gasteiger partial charge in [0, 0.05) is 24.2 Å². The van der Waals surface area contributed by atoms with Crippen LogP contribution in [0.5, 0.6) is 0 Å². The summed E-state index contributed by atoms with van der Waals surface area (Å²) in [6.45, 7) is 2.45. The van der Waals surface area contributed by atoms with Gasteiger partial charge >= 0.3 is 0 Å². The Hall–Kier alpha value is -3.02. The van der Waals surface area contributed by atoms with Gasteiger partial charge in [0.1, 0.15) is 5.82 Å². The summed E-state index contributed by atoms with van der Waals surface area (Å²) < 4.78 is 18.5. The highest BCUT2D eigenvalue weighted by atomic mass is 19.1. The first-order chi connectivity index (χ1) is 12.1. The fourth-order valence-corrected chi connectivity index (χ4v) is 3.05. The molecule has 1 amide bonds. The molecular formula is C19H16FN3O2. The van der Waals surface area contributed by atoms with Crippen molar-refractivity contribution in [1.29, 1.82) is 0 Å². The summed E-state index contributed by atoms with van der Waals surface area (Å²) >= 11 is 0. The highest BCUT2D eigenvalue weighted by Gasteiger charge is 2.35. The van der Waals surface area contributed by atoms with Crippen molar-refractivity contribution >= 4 is 11.6 Å². The molecule has 0 radical (unpaired) electrons. The molecule has 0 N–H and O–H groups in total. The van der Waals surface area contributed by atoms with E-state index in [1.165, 1.54) is 12.1 Å². The first-order valence-electron chi connectivity index (χ1n) is 8.07. The van der Waals surface area contributed by atoms with E-state index in [9.17, 15) is 9.18 Å². The van der Waals surface area contributed by atoms with Crippen LogP contribution in [0.15, 0.2) is 53.1 Å². The Morgan fingerprint density at radius 3 is 2.76 bits per heavy atom. The maximum atomic E-state index is 13.1. The van der Waals surface area contributed by atoms with Gasteiger partial charge in [-0.05, 0) is 37.3 Å². The smallest absolute Gasteiger partial charge is 0.232 e. The van der Waals surface area contributed by atoms with Gasteiger partial charge in [0.2, 0.25) is 17.6 Å². The largest absolute Gasteiger partial charge is 0.339 e. The lowest BCUT2D eigenvalue weighted by Crippen LogP contribution is -2.24. The van der Waals surface area contributed by atoms with Crippen molar-refractivity contribution in [2.75, 3.05) is 11.4 Å². The van der Waals surface area contributed by atoms with E-state index in [0.717, 1.165) is 11.1 Å². The minimum absolute atomic E-state index is 0.0353. The van der Waals surface area contributed by atoms with Gasteiger partial charge in [0.05, 0.1) is 5.92 Å². The van der Waals surface area contributed by atoms with Crippen LogP contribution < -0.4 is 4.90 Å². The second-order valence-corrected chi connectivity index (χ2v) is 6.21. The van der Waals surface area contributed by atoms with E-state index < -0.39 is 0 Å². The molecule has 0 saturated carbocycles. The van der Waals surface area contributed by atoms with Crippen LogP contribution in [-0.4, -0.2) is 22.6 Å². The molecule has 0 unspecified atom stereocenters. The molecular weight excluding hydrogens is 321 g/mol. The van der Waals surface area contributed by atoms with Crippen molar-refractivity contribution in [2.24, 2.45) is 0 Å². The molecule has 1 aromatic heterocycles. The number of rotatable bonds is 3. The van der Waals surface area contributed by atoms with Crippen LogP contribution >= 0.6 is 0 Å². The molecule has 25 heavy (non-hydrogen) atoms. The molecule has 1 saturated heterocycles. The summed E-state index contributed by atoms with van der Waals surface area (Å²) in [6, 6.07) is 13.7. The maximum absolute atomic E-state index is 13.1. The number of aromatic nitrogens is 2. The van der Waals surface area contributed by atoms with Crippen molar-refractivity contribution in [1.82, 2.24) is 10.1 Å². The highest BCUT2D eigenvalue weighted by molar-refractivity contribution is 5.96. The third-order valence-electron chi connectivity index (χ3n) is 4.33. The maximum Gasteiger partial charge on any atom is 0.232 e. The molecule has 1 aliphatic heterocycles. The third kappa shape index (κ3) is 3.03. The summed E-state index contributed by atoms with van der Waals surface area (Å²) in [7, 11) is 0. The average Bonchev–Trinajstić information content (AvgIpc) is 3.23. The quantitative estimate of drug-likeness (QED) is 0.731. The molecule has 126 valence electrons. The van der Waals surface area contributed by atoms with Gasteiger partial charge in [0.25, 0.3) is 0 Å². The van der Waals surface area contributed by atoms with Gasteiger partial charge in [-0.3, -0.25) is 4.79 Å². The molecule has 6 heteroatoms. The molecule has 1 fully saturated rings. The van der Waals surface area contributed by atoms with E-state index in [1.807, 2.05) is 31.2 Å². The van der Waals surface area contributed by atoms with Crippen LogP contribution in [0, 0.1) is 12.7 Å². The summed E-state index contributed by atoms with van der Waals surface area (Å²) in [5, 5.41) is 4.04. The van der Waals surface area contributed by atoms with Crippen LogP contribution in [0.1, 0.15) is 23.8 Å². The molecule has 5 nitrogen and oxygen atoms in total.